The van der Waals surface area contributed by atoms with E-state index in [1.165, 1.54) is 6.92 Å². The van der Waals surface area contributed by atoms with E-state index in [1.54, 1.807) is 6.92 Å². The maximum absolute atomic E-state index is 13.5. The summed E-state index contributed by atoms with van der Waals surface area (Å²) in [7, 11) is -3.99. The standard InChI is InChI=1S/C12H13FN2O4S/c1-4-5-9(3)14-20(18,19)10-6-8(2)12(13)11(7-10)15(16)17/h1,6-7,9,14H,5H2,2-3H3. The summed E-state index contributed by atoms with van der Waals surface area (Å²) in [6.45, 7) is 2.81. The van der Waals surface area contributed by atoms with Crippen molar-refractivity contribution in [3.05, 3.63) is 33.6 Å². The van der Waals surface area contributed by atoms with Gasteiger partial charge in [0, 0.05) is 18.5 Å². The van der Waals surface area contributed by atoms with Gasteiger partial charge >= 0.3 is 5.69 Å². The summed E-state index contributed by atoms with van der Waals surface area (Å²) in [4.78, 5) is 9.37. The molecule has 0 bridgehead atoms. The zero-order chi connectivity index (χ0) is 15.5. The summed E-state index contributed by atoms with van der Waals surface area (Å²) in [5, 5.41) is 10.7. The van der Waals surface area contributed by atoms with Gasteiger partial charge in [0.2, 0.25) is 15.8 Å². The Morgan fingerprint density at radius 1 is 1.55 bits per heavy atom. The van der Waals surface area contributed by atoms with Crippen LogP contribution in [-0.4, -0.2) is 19.4 Å². The number of rotatable bonds is 5. The van der Waals surface area contributed by atoms with Crippen LogP contribution in [0, 0.1) is 35.2 Å². The minimum Gasteiger partial charge on any atom is -0.258 e. The molecule has 1 unspecified atom stereocenters. The van der Waals surface area contributed by atoms with Crippen molar-refractivity contribution in [1.82, 2.24) is 4.72 Å². The van der Waals surface area contributed by atoms with Crippen LogP contribution >= 0.6 is 0 Å². The van der Waals surface area contributed by atoms with Crippen molar-refractivity contribution >= 4 is 15.7 Å². The number of terminal acetylenes is 1. The summed E-state index contributed by atoms with van der Waals surface area (Å²) in [6, 6.07) is 1.19. The molecule has 0 saturated heterocycles. The van der Waals surface area contributed by atoms with Gasteiger partial charge in [-0.3, -0.25) is 10.1 Å². The quantitative estimate of drug-likeness (QED) is 0.509. The van der Waals surface area contributed by atoms with Crippen molar-refractivity contribution in [1.29, 1.82) is 0 Å². The Balaban J connectivity index is 3.27. The first-order valence-electron chi connectivity index (χ1n) is 5.59. The Bertz CT molecular complexity index is 679. The second-order valence-corrected chi connectivity index (χ2v) is 5.97. The fourth-order valence-electron chi connectivity index (χ4n) is 1.56. The van der Waals surface area contributed by atoms with Crippen LogP contribution in [0.15, 0.2) is 17.0 Å². The van der Waals surface area contributed by atoms with Gasteiger partial charge in [0.15, 0.2) is 0 Å². The number of hydrogen-bond donors (Lipinski definition) is 1. The first kappa shape index (κ1) is 16.1. The zero-order valence-corrected chi connectivity index (χ0v) is 11.7. The summed E-state index contributed by atoms with van der Waals surface area (Å²) in [5.74, 6) is 1.25. The maximum Gasteiger partial charge on any atom is 0.306 e. The Hall–Kier alpha value is -1.98. The molecule has 0 aliphatic rings. The fraction of sp³-hybridized carbons (Fsp3) is 0.333. The van der Waals surface area contributed by atoms with Crippen molar-refractivity contribution < 1.29 is 17.7 Å². The third kappa shape index (κ3) is 3.53. The normalized spacial score (nSPS) is 12.7. The van der Waals surface area contributed by atoms with Crippen LogP contribution in [0.4, 0.5) is 10.1 Å². The van der Waals surface area contributed by atoms with Gasteiger partial charge in [0.05, 0.1) is 9.82 Å². The highest BCUT2D eigenvalue weighted by molar-refractivity contribution is 7.89. The van der Waals surface area contributed by atoms with E-state index in [2.05, 4.69) is 10.6 Å². The van der Waals surface area contributed by atoms with Crippen molar-refractivity contribution in [3.63, 3.8) is 0 Å². The summed E-state index contributed by atoms with van der Waals surface area (Å²) in [6.07, 6.45) is 5.24. The number of nitro benzene ring substituents is 1. The predicted octanol–water partition coefficient (Wildman–Crippen LogP) is 1.73. The number of sulfonamides is 1. The van der Waals surface area contributed by atoms with Gasteiger partial charge in [-0.1, -0.05) is 0 Å². The highest BCUT2D eigenvalue weighted by atomic mass is 32.2. The highest BCUT2D eigenvalue weighted by Crippen LogP contribution is 2.25. The molecule has 0 aliphatic heterocycles. The molecule has 1 atom stereocenters. The topological polar surface area (TPSA) is 89.3 Å². The van der Waals surface area contributed by atoms with Gasteiger partial charge in [-0.15, -0.1) is 12.3 Å². The lowest BCUT2D eigenvalue weighted by molar-refractivity contribution is -0.387. The highest BCUT2D eigenvalue weighted by Gasteiger charge is 2.24. The van der Waals surface area contributed by atoms with E-state index in [1.807, 2.05) is 0 Å². The minimum absolute atomic E-state index is 0.121. The Kier molecular flexibility index (Phi) is 4.81. The van der Waals surface area contributed by atoms with Gasteiger partial charge in [-0.2, -0.15) is 4.39 Å². The Morgan fingerprint density at radius 3 is 2.65 bits per heavy atom. The molecule has 0 spiro atoms. The molecule has 108 valence electrons. The first-order valence-corrected chi connectivity index (χ1v) is 7.07. The lowest BCUT2D eigenvalue weighted by Gasteiger charge is -2.12. The molecule has 1 N–H and O–H groups in total. The van der Waals surface area contributed by atoms with Crippen LogP contribution < -0.4 is 4.72 Å². The number of aryl methyl sites for hydroxylation is 1. The molecule has 1 aromatic rings. The van der Waals surface area contributed by atoms with E-state index in [4.69, 9.17) is 6.42 Å². The molecular formula is C12H13FN2O4S. The van der Waals surface area contributed by atoms with E-state index in [0.717, 1.165) is 6.07 Å². The van der Waals surface area contributed by atoms with Gasteiger partial charge < -0.3 is 0 Å². The van der Waals surface area contributed by atoms with Crippen molar-refractivity contribution in [3.8, 4) is 12.3 Å². The average Bonchev–Trinajstić information content (AvgIpc) is 2.31. The molecule has 0 saturated carbocycles. The van der Waals surface area contributed by atoms with Crippen LogP contribution in [0.2, 0.25) is 0 Å². The SMILES string of the molecule is C#CCC(C)NS(=O)(=O)c1cc(C)c(F)c([N+](=O)[O-])c1. The monoisotopic (exact) mass is 300 g/mol. The van der Waals surface area contributed by atoms with E-state index in [0.29, 0.717) is 6.07 Å². The summed E-state index contributed by atoms with van der Waals surface area (Å²) < 4.78 is 39.9. The van der Waals surface area contributed by atoms with Gasteiger partial charge in [-0.05, 0) is 25.5 Å². The number of nitrogens with one attached hydrogen (secondary N) is 1. The second kappa shape index (κ2) is 5.98. The lowest BCUT2D eigenvalue weighted by Crippen LogP contribution is -2.32. The number of nitrogens with zero attached hydrogens (tertiary/aromatic N) is 1. The third-order valence-electron chi connectivity index (χ3n) is 2.50. The molecule has 0 heterocycles. The average molecular weight is 300 g/mol. The van der Waals surface area contributed by atoms with E-state index >= 15 is 0 Å². The molecule has 1 aromatic carbocycles. The summed E-state index contributed by atoms with van der Waals surface area (Å²) >= 11 is 0. The van der Waals surface area contributed by atoms with Crippen LogP contribution in [0.5, 0.6) is 0 Å². The van der Waals surface area contributed by atoms with Crippen molar-refractivity contribution in [2.45, 2.75) is 31.2 Å². The number of halogens is 1. The van der Waals surface area contributed by atoms with E-state index in [9.17, 15) is 22.9 Å². The van der Waals surface area contributed by atoms with Crippen molar-refractivity contribution in [2.75, 3.05) is 0 Å². The lowest BCUT2D eigenvalue weighted by atomic mass is 10.2. The predicted molar refractivity (Wildman–Crippen MR) is 71.0 cm³/mol. The van der Waals surface area contributed by atoms with Gasteiger partial charge in [0.25, 0.3) is 0 Å². The molecular weight excluding hydrogens is 287 g/mol. The Morgan fingerprint density at radius 2 is 2.15 bits per heavy atom. The first-order chi connectivity index (χ1) is 9.19. The molecule has 20 heavy (non-hydrogen) atoms. The number of hydrogen-bond acceptors (Lipinski definition) is 4. The van der Waals surface area contributed by atoms with Crippen LogP contribution in [-0.2, 0) is 10.0 Å². The van der Waals surface area contributed by atoms with Crippen LogP contribution in [0.25, 0.3) is 0 Å². The van der Waals surface area contributed by atoms with Gasteiger partial charge in [0.1, 0.15) is 0 Å². The molecule has 1 rings (SSSR count). The third-order valence-corrected chi connectivity index (χ3v) is 4.07. The molecule has 6 nitrogen and oxygen atoms in total. The second-order valence-electron chi connectivity index (χ2n) is 4.26. The summed E-state index contributed by atoms with van der Waals surface area (Å²) in [5.41, 5.74) is -1.00. The molecule has 0 fully saturated rings. The molecule has 8 heteroatoms. The Labute approximate surface area is 116 Å². The molecule has 0 aromatic heterocycles. The van der Waals surface area contributed by atoms with E-state index in [-0.39, 0.29) is 16.9 Å². The molecule has 0 aliphatic carbocycles. The van der Waals surface area contributed by atoms with Crippen LogP contribution in [0.3, 0.4) is 0 Å². The number of nitro groups is 1. The zero-order valence-electron chi connectivity index (χ0n) is 10.9. The van der Waals surface area contributed by atoms with Crippen LogP contribution in [0.1, 0.15) is 18.9 Å². The van der Waals surface area contributed by atoms with E-state index < -0.39 is 32.5 Å². The van der Waals surface area contributed by atoms with Crippen molar-refractivity contribution in [2.24, 2.45) is 0 Å². The molecule has 0 amide bonds. The maximum atomic E-state index is 13.5. The largest absolute Gasteiger partial charge is 0.306 e. The fourth-order valence-corrected chi connectivity index (χ4v) is 2.91. The molecule has 0 radical (unpaired) electrons. The van der Waals surface area contributed by atoms with Gasteiger partial charge in [-0.25, -0.2) is 13.1 Å². The number of benzene rings is 1. The minimum atomic E-state index is -3.99. The smallest absolute Gasteiger partial charge is 0.258 e.